The number of carbonyl (C=O) groups excluding carboxylic acids is 2. The minimum Gasteiger partial charge on any atom is -0.507 e. The lowest BCUT2D eigenvalue weighted by Gasteiger charge is -2.10. The van der Waals surface area contributed by atoms with Gasteiger partial charge in [-0.25, -0.2) is 5.43 Å². The molecule has 2 amide bonds. The SMILES string of the molecule is COc1ccc(CCNC(=O)C(=O)NN=Cc2ccccc2O)cc1OC. The van der Waals surface area contributed by atoms with Crippen molar-refractivity contribution in [3.8, 4) is 17.2 Å². The van der Waals surface area contributed by atoms with Crippen molar-refractivity contribution in [1.82, 2.24) is 10.7 Å². The number of ether oxygens (including phenoxy) is 2. The summed E-state index contributed by atoms with van der Waals surface area (Å²) in [5, 5.41) is 15.7. The fourth-order valence-electron chi connectivity index (χ4n) is 2.24. The molecule has 0 atom stereocenters. The normalized spacial score (nSPS) is 10.4. The lowest BCUT2D eigenvalue weighted by atomic mass is 10.1. The first-order valence-corrected chi connectivity index (χ1v) is 8.15. The van der Waals surface area contributed by atoms with E-state index in [4.69, 9.17) is 9.47 Å². The topological polar surface area (TPSA) is 109 Å². The number of nitrogens with zero attached hydrogens (tertiary/aromatic N) is 1. The Kier molecular flexibility index (Phi) is 7.18. The van der Waals surface area contributed by atoms with E-state index in [1.807, 2.05) is 12.1 Å². The van der Waals surface area contributed by atoms with Crippen molar-refractivity contribution in [2.24, 2.45) is 5.10 Å². The van der Waals surface area contributed by atoms with Crippen LogP contribution in [0.4, 0.5) is 0 Å². The Morgan fingerprint density at radius 3 is 2.52 bits per heavy atom. The van der Waals surface area contributed by atoms with E-state index in [9.17, 15) is 14.7 Å². The van der Waals surface area contributed by atoms with Crippen molar-refractivity contribution < 1.29 is 24.2 Å². The number of hydrazone groups is 1. The number of amides is 2. The molecule has 0 bridgehead atoms. The van der Waals surface area contributed by atoms with Crippen molar-refractivity contribution in [2.75, 3.05) is 20.8 Å². The van der Waals surface area contributed by atoms with Crippen LogP contribution in [0.1, 0.15) is 11.1 Å². The highest BCUT2D eigenvalue weighted by molar-refractivity contribution is 6.35. The molecule has 0 spiro atoms. The van der Waals surface area contributed by atoms with E-state index < -0.39 is 11.8 Å². The number of benzene rings is 2. The molecule has 0 aliphatic heterocycles. The van der Waals surface area contributed by atoms with Gasteiger partial charge in [0, 0.05) is 12.1 Å². The molecule has 0 radical (unpaired) electrons. The summed E-state index contributed by atoms with van der Waals surface area (Å²) in [6.07, 6.45) is 1.77. The molecule has 0 aliphatic rings. The molecule has 2 aromatic carbocycles. The number of carbonyl (C=O) groups is 2. The largest absolute Gasteiger partial charge is 0.507 e. The zero-order valence-electron chi connectivity index (χ0n) is 15.1. The fourth-order valence-corrected chi connectivity index (χ4v) is 2.24. The van der Waals surface area contributed by atoms with Crippen LogP contribution in [-0.2, 0) is 16.0 Å². The van der Waals surface area contributed by atoms with Gasteiger partial charge in [0.15, 0.2) is 11.5 Å². The summed E-state index contributed by atoms with van der Waals surface area (Å²) >= 11 is 0. The molecular formula is C19H21N3O5. The monoisotopic (exact) mass is 371 g/mol. The van der Waals surface area contributed by atoms with Crippen LogP contribution < -0.4 is 20.2 Å². The van der Waals surface area contributed by atoms with Crippen LogP contribution in [0.5, 0.6) is 17.2 Å². The predicted molar refractivity (Wildman–Crippen MR) is 100 cm³/mol. The molecule has 0 aromatic heterocycles. The molecule has 2 aromatic rings. The second kappa shape index (κ2) is 9.81. The van der Waals surface area contributed by atoms with E-state index in [-0.39, 0.29) is 12.3 Å². The highest BCUT2D eigenvalue weighted by Gasteiger charge is 2.12. The van der Waals surface area contributed by atoms with Gasteiger partial charge in [0.25, 0.3) is 0 Å². The fraction of sp³-hybridized carbons (Fsp3) is 0.211. The average molecular weight is 371 g/mol. The Balaban J connectivity index is 1.80. The van der Waals surface area contributed by atoms with E-state index >= 15 is 0 Å². The summed E-state index contributed by atoms with van der Waals surface area (Å²) in [6.45, 7) is 0.269. The van der Waals surface area contributed by atoms with Gasteiger partial charge in [-0.3, -0.25) is 9.59 Å². The first-order chi connectivity index (χ1) is 13.0. The smallest absolute Gasteiger partial charge is 0.329 e. The maximum Gasteiger partial charge on any atom is 0.329 e. The number of rotatable bonds is 7. The van der Waals surface area contributed by atoms with Crippen molar-refractivity contribution in [3.63, 3.8) is 0 Å². The van der Waals surface area contributed by atoms with Gasteiger partial charge in [0.1, 0.15) is 5.75 Å². The summed E-state index contributed by atoms with van der Waals surface area (Å²) in [4.78, 5) is 23.5. The molecule has 8 heteroatoms. The highest BCUT2D eigenvalue weighted by Crippen LogP contribution is 2.27. The Labute approximate surface area is 156 Å². The van der Waals surface area contributed by atoms with E-state index in [1.54, 1.807) is 38.5 Å². The van der Waals surface area contributed by atoms with E-state index in [2.05, 4.69) is 15.8 Å². The molecule has 0 aliphatic carbocycles. The van der Waals surface area contributed by atoms with Crippen LogP contribution >= 0.6 is 0 Å². The number of hydrogen-bond acceptors (Lipinski definition) is 6. The third kappa shape index (κ3) is 5.74. The first-order valence-electron chi connectivity index (χ1n) is 8.15. The number of phenols is 1. The van der Waals surface area contributed by atoms with Crippen molar-refractivity contribution >= 4 is 18.0 Å². The van der Waals surface area contributed by atoms with Crippen molar-refractivity contribution in [1.29, 1.82) is 0 Å². The molecule has 0 heterocycles. The Bertz CT molecular complexity index is 836. The summed E-state index contributed by atoms with van der Waals surface area (Å²) in [6, 6.07) is 11.9. The van der Waals surface area contributed by atoms with Gasteiger partial charge < -0.3 is 19.9 Å². The van der Waals surface area contributed by atoms with Crippen LogP contribution in [0.2, 0.25) is 0 Å². The minimum atomic E-state index is -0.894. The van der Waals surface area contributed by atoms with E-state index in [0.717, 1.165) is 5.56 Å². The quantitative estimate of drug-likeness (QED) is 0.385. The van der Waals surface area contributed by atoms with Gasteiger partial charge in [-0.05, 0) is 36.2 Å². The Morgan fingerprint density at radius 2 is 1.81 bits per heavy atom. The second-order valence-electron chi connectivity index (χ2n) is 5.45. The third-order valence-electron chi connectivity index (χ3n) is 3.66. The Hall–Kier alpha value is -3.55. The lowest BCUT2D eigenvalue weighted by molar-refractivity contribution is -0.139. The van der Waals surface area contributed by atoms with Gasteiger partial charge >= 0.3 is 11.8 Å². The molecule has 2 rings (SSSR count). The van der Waals surface area contributed by atoms with Crippen molar-refractivity contribution in [3.05, 3.63) is 53.6 Å². The molecule has 0 saturated carbocycles. The van der Waals surface area contributed by atoms with Crippen LogP contribution in [0, 0.1) is 0 Å². The second-order valence-corrected chi connectivity index (χ2v) is 5.45. The number of phenolic OH excluding ortho intramolecular Hbond substituents is 1. The van der Waals surface area contributed by atoms with Gasteiger partial charge in [0.05, 0.1) is 20.4 Å². The molecule has 8 nitrogen and oxygen atoms in total. The van der Waals surface area contributed by atoms with Gasteiger partial charge in [-0.2, -0.15) is 5.10 Å². The molecule has 0 fully saturated rings. The van der Waals surface area contributed by atoms with Crippen LogP contribution in [0.15, 0.2) is 47.6 Å². The maximum absolute atomic E-state index is 11.8. The third-order valence-corrected chi connectivity index (χ3v) is 3.66. The van der Waals surface area contributed by atoms with E-state index in [0.29, 0.717) is 23.5 Å². The summed E-state index contributed by atoms with van der Waals surface area (Å²) in [5.41, 5.74) is 3.46. The van der Waals surface area contributed by atoms with Gasteiger partial charge in [-0.15, -0.1) is 0 Å². The highest BCUT2D eigenvalue weighted by atomic mass is 16.5. The molecule has 0 unspecified atom stereocenters. The number of hydrogen-bond donors (Lipinski definition) is 3. The van der Waals surface area contributed by atoms with Crippen molar-refractivity contribution in [2.45, 2.75) is 6.42 Å². The molecule has 0 saturated heterocycles. The Morgan fingerprint density at radius 1 is 1.07 bits per heavy atom. The standard InChI is InChI=1S/C19H21N3O5/c1-26-16-8-7-13(11-17(16)27-2)9-10-20-18(24)19(25)22-21-12-14-5-3-4-6-15(14)23/h3-8,11-12,23H,9-10H2,1-2H3,(H,20,24)(H,22,25). The zero-order valence-corrected chi connectivity index (χ0v) is 15.1. The number of nitrogens with one attached hydrogen (secondary N) is 2. The van der Waals surface area contributed by atoms with Crippen LogP contribution in [0.3, 0.4) is 0 Å². The number of aromatic hydroxyl groups is 1. The van der Waals surface area contributed by atoms with Crippen LogP contribution in [-0.4, -0.2) is 43.9 Å². The molecule has 27 heavy (non-hydrogen) atoms. The lowest BCUT2D eigenvalue weighted by Crippen LogP contribution is -2.38. The van der Waals surface area contributed by atoms with Crippen LogP contribution in [0.25, 0.3) is 0 Å². The maximum atomic E-state index is 11.8. The summed E-state index contributed by atoms with van der Waals surface area (Å²) in [5.74, 6) is -0.460. The van der Waals surface area contributed by atoms with Gasteiger partial charge in [-0.1, -0.05) is 18.2 Å². The summed E-state index contributed by atoms with van der Waals surface area (Å²) < 4.78 is 10.4. The average Bonchev–Trinajstić information content (AvgIpc) is 2.69. The zero-order chi connectivity index (χ0) is 19.6. The molecule has 142 valence electrons. The number of methoxy groups -OCH3 is 2. The van der Waals surface area contributed by atoms with E-state index in [1.165, 1.54) is 12.3 Å². The first kappa shape index (κ1) is 19.8. The van der Waals surface area contributed by atoms with Gasteiger partial charge in [0.2, 0.25) is 0 Å². The molecular weight excluding hydrogens is 350 g/mol. The molecule has 3 N–H and O–H groups in total. The predicted octanol–water partition coefficient (Wildman–Crippen LogP) is 1.22. The number of para-hydroxylation sites is 1. The summed E-state index contributed by atoms with van der Waals surface area (Å²) in [7, 11) is 3.10. The minimum absolute atomic E-state index is 0.0230.